The Balaban J connectivity index is 0.00000117. The minimum absolute atomic E-state index is 0.0779. The van der Waals surface area contributed by atoms with Crippen LogP contribution in [0.2, 0.25) is 0 Å². The lowest BCUT2D eigenvalue weighted by molar-refractivity contribution is 0.0964. The monoisotopic (exact) mass is 390 g/mol. The molecule has 0 spiro atoms. The van der Waals surface area contributed by atoms with E-state index in [0.29, 0.717) is 11.3 Å². The van der Waals surface area contributed by atoms with Crippen LogP contribution in [0.25, 0.3) is 16.9 Å². The maximum atomic E-state index is 12.9. The Kier molecular flexibility index (Phi) is 5.87. The van der Waals surface area contributed by atoms with Gasteiger partial charge in [-0.25, -0.2) is 14.3 Å². The molecule has 7 heteroatoms. The first kappa shape index (κ1) is 20.0. The van der Waals surface area contributed by atoms with Gasteiger partial charge < -0.3 is 0 Å². The summed E-state index contributed by atoms with van der Waals surface area (Å²) in [6.07, 6.45) is 1.29. The fraction of sp³-hybridized carbons (Fsp3) is 0.182. The third-order valence-corrected chi connectivity index (χ3v) is 4.40. The van der Waals surface area contributed by atoms with Crippen LogP contribution in [0.3, 0.4) is 0 Å². The number of hydrogen-bond donors (Lipinski definition) is 0. The van der Waals surface area contributed by atoms with Gasteiger partial charge in [0.2, 0.25) is 0 Å². The van der Waals surface area contributed by atoms with Crippen molar-refractivity contribution >= 4 is 17.1 Å². The van der Waals surface area contributed by atoms with Crippen LogP contribution in [-0.4, -0.2) is 24.6 Å². The Morgan fingerprint density at radius 3 is 2.10 bits per heavy atom. The molecule has 0 N–H and O–H groups in total. The minimum atomic E-state index is -0.536. The summed E-state index contributed by atoms with van der Waals surface area (Å²) in [7, 11) is 0. The van der Waals surface area contributed by atoms with Crippen molar-refractivity contribution < 1.29 is 4.79 Å². The van der Waals surface area contributed by atoms with E-state index in [2.05, 4.69) is 4.98 Å². The van der Waals surface area contributed by atoms with E-state index >= 15 is 0 Å². The van der Waals surface area contributed by atoms with Crippen LogP contribution >= 0.6 is 0 Å². The van der Waals surface area contributed by atoms with E-state index in [1.807, 2.05) is 19.9 Å². The van der Waals surface area contributed by atoms with E-state index in [4.69, 9.17) is 0 Å². The number of hydrogen-bond acceptors (Lipinski definition) is 4. The van der Waals surface area contributed by atoms with Gasteiger partial charge in [0.25, 0.3) is 11.5 Å². The Labute approximate surface area is 167 Å². The molecular weight excluding hydrogens is 368 g/mol. The average molecular weight is 390 g/mol. The molecule has 29 heavy (non-hydrogen) atoms. The largest absolute Gasteiger partial charge is 0.337 e. The molecule has 0 aliphatic heterocycles. The molecular formula is C22H22N4O3. The first-order valence-electron chi connectivity index (χ1n) is 9.51. The van der Waals surface area contributed by atoms with Crippen LogP contribution in [0.15, 0.2) is 76.6 Å². The van der Waals surface area contributed by atoms with Gasteiger partial charge in [-0.1, -0.05) is 50.2 Å². The van der Waals surface area contributed by atoms with Gasteiger partial charge in [-0.3, -0.25) is 18.7 Å². The number of carbonyl (C=O) groups is 1. The zero-order chi connectivity index (χ0) is 21.0. The van der Waals surface area contributed by atoms with Gasteiger partial charge in [0.1, 0.15) is 6.33 Å². The van der Waals surface area contributed by atoms with E-state index in [1.165, 1.54) is 15.5 Å². The fourth-order valence-electron chi connectivity index (χ4n) is 3.09. The summed E-state index contributed by atoms with van der Waals surface area (Å²) < 4.78 is 3.67. The fourth-order valence-corrected chi connectivity index (χ4v) is 3.09. The number of imidazole rings is 1. The van der Waals surface area contributed by atoms with Gasteiger partial charge in [0, 0.05) is 12.1 Å². The maximum absolute atomic E-state index is 12.9. The molecule has 0 radical (unpaired) electrons. The zero-order valence-electron chi connectivity index (χ0n) is 16.6. The van der Waals surface area contributed by atoms with Crippen LogP contribution < -0.4 is 11.2 Å². The van der Waals surface area contributed by atoms with E-state index in [9.17, 15) is 14.4 Å². The smallest absolute Gasteiger partial charge is 0.268 e. The number of nitrogens with zero attached hydrogens (tertiary/aromatic N) is 4. The third-order valence-electron chi connectivity index (χ3n) is 4.40. The summed E-state index contributed by atoms with van der Waals surface area (Å²) in [6.45, 7) is 5.90. The van der Waals surface area contributed by atoms with Crippen LogP contribution in [0.5, 0.6) is 0 Å². The van der Waals surface area contributed by atoms with Crippen molar-refractivity contribution in [3.05, 3.63) is 93.4 Å². The van der Waals surface area contributed by atoms with Crippen LogP contribution in [-0.2, 0) is 6.54 Å². The predicted octanol–water partition coefficient (Wildman–Crippen LogP) is 3.08. The normalized spacial score (nSPS) is 10.4. The van der Waals surface area contributed by atoms with Crippen molar-refractivity contribution in [2.45, 2.75) is 27.3 Å². The minimum Gasteiger partial charge on any atom is -0.268 e. The summed E-state index contributed by atoms with van der Waals surface area (Å²) in [5.41, 5.74) is 0.216. The molecule has 2 heterocycles. The quantitative estimate of drug-likeness (QED) is 0.538. The number of fused-ring (bicyclic) bond motifs is 1. The Hall–Kier alpha value is -3.74. The summed E-state index contributed by atoms with van der Waals surface area (Å²) in [6, 6.07) is 17.6. The number of rotatable bonds is 3. The molecule has 4 rings (SSSR count). The first-order valence-corrected chi connectivity index (χ1v) is 9.51. The predicted molar refractivity (Wildman–Crippen MR) is 113 cm³/mol. The van der Waals surface area contributed by atoms with E-state index in [1.54, 1.807) is 61.5 Å². The molecule has 0 amide bonds. The standard InChI is InChI=1S/C20H16N4O3.C2H6/c1-2-22-19(26)16-17(24(20(22)27)15-11-7-4-8-12-15)21-13-23(16)18(25)14-9-5-3-6-10-14;1-2/h3-13H,2H2,1H3;1-2H3. The second-order valence-corrected chi connectivity index (χ2v) is 5.96. The van der Waals surface area contributed by atoms with E-state index < -0.39 is 11.2 Å². The molecule has 2 aromatic heterocycles. The number of aromatic nitrogens is 4. The molecule has 7 nitrogen and oxygen atoms in total. The summed E-state index contributed by atoms with van der Waals surface area (Å²) in [5, 5.41) is 0. The second-order valence-electron chi connectivity index (χ2n) is 5.96. The molecule has 0 aliphatic carbocycles. The Bertz CT molecular complexity index is 1250. The van der Waals surface area contributed by atoms with Gasteiger partial charge >= 0.3 is 5.69 Å². The number of carbonyl (C=O) groups excluding carboxylic acids is 1. The molecule has 0 aliphatic rings. The highest BCUT2D eigenvalue weighted by atomic mass is 16.2. The molecule has 0 saturated heterocycles. The second kappa shape index (κ2) is 8.52. The lowest BCUT2D eigenvalue weighted by Crippen LogP contribution is -2.40. The van der Waals surface area contributed by atoms with Gasteiger partial charge in [-0.05, 0) is 31.2 Å². The highest BCUT2D eigenvalue weighted by molar-refractivity contribution is 6.00. The molecule has 0 atom stereocenters. The summed E-state index contributed by atoms with van der Waals surface area (Å²) in [4.78, 5) is 42.9. The van der Waals surface area contributed by atoms with Gasteiger partial charge in [-0.15, -0.1) is 0 Å². The van der Waals surface area contributed by atoms with Crippen LogP contribution in [0.4, 0.5) is 0 Å². The lowest BCUT2D eigenvalue weighted by Gasteiger charge is -2.11. The van der Waals surface area contributed by atoms with E-state index in [-0.39, 0.29) is 23.6 Å². The molecule has 0 fully saturated rings. The first-order chi connectivity index (χ1) is 14.1. The summed E-state index contributed by atoms with van der Waals surface area (Å²) >= 11 is 0. The summed E-state index contributed by atoms with van der Waals surface area (Å²) in [5.74, 6) is -0.379. The SMILES string of the molecule is CC.CCn1c(=O)c2c(ncn2C(=O)c2ccccc2)n(-c2ccccc2)c1=O. The van der Waals surface area contributed by atoms with Crippen molar-refractivity contribution in [1.82, 2.24) is 18.7 Å². The van der Waals surface area contributed by atoms with Gasteiger partial charge in [0.05, 0.1) is 5.69 Å². The molecule has 4 aromatic rings. The molecule has 0 bridgehead atoms. The maximum Gasteiger partial charge on any atom is 0.337 e. The molecule has 2 aromatic carbocycles. The van der Waals surface area contributed by atoms with Crippen LogP contribution in [0, 0.1) is 0 Å². The Morgan fingerprint density at radius 1 is 0.931 bits per heavy atom. The van der Waals surface area contributed by atoms with Crippen molar-refractivity contribution in [1.29, 1.82) is 0 Å². The number of para-hydroxylation sites is 1. The van der Waals surface area contributed by atoms with Crippen LogP contribution in [0.1, 0.15) is 31.1 Å². The van der Waals surface area contributed by atoms with Crippen molar-refractivity contribution in [2.24, 2.45) is 0 Å². The molecule has 0 unspecified atom stereocenters. The third kappa shape index (κ3) is 3.42. The lowest BCUT2D eigenvalue weighted by atomic mass is 10.2. The molecule has 148 valence electrons. The Morgan fingerprint density at radius 2 is 1.52 bits per heavy atom. The van der Waals surface area contributed by atoms with Gasteiger partial charge in [0.15, 0.2) is 11.2 Å². The van der Waals surface area contributed by atoms with Crippen molar-refractivity contribution in [2.75, 3.05) is 0 Å². The topological polar surface area (TPSA) is 78.9 Å². The number of benzene rings is 2. The average Bonchev–Trinajstić information content (AvgIpc) is 3.21. The zero-order valence-corrected chi connectivity index (χ0v) is 16.6. The van der Waals surface area contributed by atoms with E-state index in [0.717, 1.165) is 4.57 Å². The van der Waals surface area contributed by atoms with Gasteiger partial charge in [-0.2, -0.15) is 0 Å². The van der Waals surface area contributed by atoms with Crippen molar-refractivity contribution in [3.63, 3.8) is 0 Å². The highest BCUT2D eigenvalue weighted by Crippen LogP contribution is 2.14. The van der Waals surface area contributed by atoms with Crippen molar-refractivity contribution in [3.8, 4) is 5.69 Å². The molecule has 0 saturated carbocycles. The highest BCUT2D eigenvalue weighted by Gasteiger charge is 2.21.